The normalized spacial score (nSPS) is 12.2. The lowest BCUT2D eigenvalue weighted by molar-refractivity contribution is 0.354. The average Bonchev–Trinajstić information content (AvgIpc) is 2.98. The van der Waals surface area contributed by atoms with Crippen molar-refractivity contribution in [3.63, 3.8) is 0 Å². The van der Waals surface area contributed by atoms with Crippen molar-refractivity contribution >= 4 is 0 Å². The molecule has 7 heteroatoms. The minimum absolute atomic E-state index is 0.0202. The maximum Gasteiger partial charge on any atom is 0.191 e. The van der Waals surface area contributed by atoms with E-state index in [1.807, 2.05) is 25.1 Å². The van der Waals surface area contributed by atoms with Gasteiger partial charge in [-0.15, -0.1) is 10.2 Å². The van der Waals surface area contributed by atoms with E-state index >= 15 is 0 Å². The number of aromatic nitrogens is 4. The highest BCUT2D eigenvalue weighted by Gasteiger charge is 2.10. The van der Waals surface area contributed by atoms with Crippen LogP contribution in [0.3, 0.4) is 0 Å². The van der Waals surface area contributed by atoms with Crippen molar-refractivity contribution in [1.82, 2.24) is 25.9 Å². The quantitative estimate of drug-likeness (QED) is 0.811. The smallest absolute Gasteiger partial charge is 0.191 e. The van der Waals surface area contributed by atoms with Gasteiger partial charge in [0.2, 0.25) is 0 Å². The van der Waals surface area contributed by atoms with E-state index < -0.39 is 0 Å². The molecule has 19 heavy (non-hydrogen) atoms. The first-order valence-electron chi connectivity index (χ1n) is 5.92. The minimum Gasteiger partial charge on any atom is -0.493 e. The van der Waals surface area contributed by atoms with Gasteiger partial charge in [0.15, 0.2) is 17.3 Å². The zero-order valence-electron chi connectivity index (χ0n) is 11.2. The van der Waals surface area contributed by atoms with Gasteiger partial charge in [-0.25, -0.2) is 0 Å². The third-order valence-corrected chi connectivity index (χ3v) is 2.81. The molecule has 0 bridgehead atoms. The molecule has 0 radical (unpaired) electrons. The predicted octanol–water partition coefficient (Wildman–Crippen LogP) is 1.07. The molecule has 2 rings (SSSR count). The fraction of sp³-hybridized carbons (Fsp3) is 0.417. The number of H-pyrrole nitrogens is 1. The molecule has 0 aliphatic heterocycles. The van der Waals surface area contributed by atoms with Crippen LogP contribution in [0.15, 0.2) is 18.2 Å². The van der Waals surface area contributed by atoms with Crippen LogP contribution in [0, 0.1) is 0 Å². The predicted molar refractivity (Wildman–Crippen MR) is 69.0 cm³/mol. The summed E-state index contributed by atoms with van der Waals surface area (Å²) in [7, 11) is 3.24. The maximum atomic E-state index is 5.26. The summed E-state index contributed by atoms with van der Waals surface area (Å²) in [4.78, 5) is 0. The molecule has 1 unspecified atom stereocenters. The summed E-state index contributed by atoms with van der Waals surface area (Å²) in [6, 6.07) is 5.83. The molecule has 0 amide bonds. The minimum atomic E-state index is 0.0202. The van der Waals surface area contributed by atoms with Gasteiger partial charge in [0.25, 0.3) is 0 Å². The molecule has 1 aromatic heterocycles. The van der Waals surface area contributed by atoms with E-state index in [9.17, 15) is 0 Å². The lowest BCUT2D eigenvalue weighted by Crippen LogP contribution is -2.19. The fourth-order valence-electron chi connectivity index (χ4n) is 1.71. The van der Waals surface area contributed by atoms with Crippen LogP contribution < -0.4 is 14.8 Å². The third kappa shape index (κ3) is 3.19. The van der Waals surface area contributed by atoms with Gasteiger partial charge in [-0.3, -0.25) is 0 Å². The lowest BCUT2D eigenvalue weighted by Gasteiger charge is -2.12. The fourth-order valence-corrected chi connectivity index (χ4v) is 1.71. The Labute approximate surface area is 111 Å². The second-order valence-corrected chi connectivity index (χ2v) is 4.06. The van der Waals surface area contributed by atoms with Crippen LogP contribution >= 0.6 is 0 Å². The van der Waals surface area contributed by atoms with Gasteiger partial charge in [0, 0.05) is 6.54 Å². The molecule has 7 nitrogen and oxygen atoms in total. The summed E-state index contributed by atoms with van der Waals surface area (Å²) in [6.45, 7) is 2.65. The Balaban J connectivity index is 1.99. The van der Waals surface area contributed by atoms with Crippen LogP contribution in [0.4, 0.5) is 0 Å². The Kier molecular flexibility index (Phi) is 4.30. The van der Waals surface area contributed by atoms with E-state index in [-0.39, 0.29) is 6.04 Å². The average molecular weight is 263 g/mol. The molecule has 0 saturated carbocycles. The number of nitrogens with zero attached hydrogens (tertiary/aromatic N) is 3. The highest BCUT2D eigenvalue weighted by atomic mass is 16.5. The van der Waals surface area contributed by atoms with Crippen molar-refractivity contribution < 1.29 is 9.47 Å². The molecule has 102 valence electrons. The summed E-state index contributed by atoms with van der Waals surface area (Å²) in [6.07, 6.45) is 0. The number of rotatable bonds is 6. The lowest BCUT2D eigenvalue weighted by atomic mass is 10.2. The molecule has 2 aromatic rings. The van der Waals surface area contributed by atoms with Crippen LogP contribution in [-0.4, -0.2) is 34.8 Å². The Morgan fingerprint density at radius 3 is 2.68 bits per heavy atom. The van der Waals surface area contributed by atoms with Crippen molar-refractivity contribution in [2.75, 3.05) is 14.2 Å². The van der Waals surface area contributed by atoms with Crippen molar-refractivity contribution in [2.24, 2.45) is 0 Å². The largest absolute Gasteiger partial charge is 0.493 e. The Bertz CT molecular complexity index is 515. The number of tetrazole rings is 1. The first-order chi connectivity index (χ1) is 9.24. The molecule has 1 aromatic carbocycles. The number of hydrogen-bond acceptors (Lipinski definition) is 6. The maximum absolute atomic E-state index is 5.26. The van der Waals surface area contributed by atoms with Gasteiger partial charge in [-0.1, -0.05) is 11.3 Å². The Morgan fingerprint density at radius 2 is 2.05 bits per heavy atom. The monoisotopic (exact) mass is 263 g/mol. The van der Waals surface area contributed by atoms with E-state index in [0.29, 0.717) is 18.1 Å². The van der Waals surface area contributed by atoms with E-state index in [4.69, 9.17) is 9.47 Å². The van der Waals surface area contributed by atoms with Gasteiger partial charge in [-0.2, -0.15) is 5.21 Å². The number of benzene rings is 1. The van der Waals surface area contributed by atoms with Crippen molar-refractivity contribution in [2.45, 2.75) is 19.5 Å². The zero-order valence-corrected chi connectivity index (χ0v) is 11.2. The summed E-state index contributed by atoms with van der Waals surface area (Å²) in [5, 5.41) is 17.1. The molecule has 0 fully saturated rings. The van der Waals surface area contributed by atoms with E-state index in [0.717, 1.165) is 11.3 Å². The topological polar surface area (TPSA) is 85.0 Å². The molecule has 1 atom stereocenters. The summed E-state index contributed by atoms with van der Waals surface area (Å²) < 4.78 is 10.5. The van der Waals surface area contributed by atoms with E-state index in [1.165, 1.54) is 0 Å². The first kappa shape index (κ1) is 13.3. The molecule has 1 heterocycles. The van der Waals surface area contributed by atoms with Crippen LogP contribution in [0.2, 0.25) is 0 Å². The number of hydrogen-bond donors (Lipinski definition) is 2. The first-order valence-corrected chi connectivity index (χ1v) is 5.92. The molecule has 0 saturated heterocycles. The zero-order chi connectivity index (χ0) is 13.7. The van der Waals surface area contributed by atoms with Gasteiger partial charge < -0.3 is 14.8 Å². The van der Waals surface area contributed by atoms with Crippen LogP contribution in [0.1, 0.15) is 24.4 Å². The van der Waals surface area contributed by atoms with Crippen molar-refractivity contribution in [3.05, 3.63) is 29.6 Å². The van der Waals surface area contributed by atoms with Crippen molar-refractivity contribution in [3.8, 4) is 11.5 Å². The summed E-state index contributed by atoms with van der Waals surface area (Å²) in [5.41, 5.74) is 1.09. The van der Waals surface area contributed by atoms with Crippen molar-refractivity contribution in [1.29, 1.82) is 0 Å². The van der Waals surface area contributed by atoms with E-state index in [2.05, 4.69) is 25.9 Å². The third-order valence-electron chi connectivity index (χ3n) is 2.81. The summed E-state index contributed by atoms with van der Waals surface area (Å²) >= 11 is 0. The van der Waals surface area contributed by atoms with Crippen LogP contribution in [-0.2, 0) is 6.54 Å². The molecule has 0 spiro atoms. The van der Waals surface area contributed by atoms with E-state index in [1.54, 1.807) is 14.2 Å². The van der Waals surface area contributed by atoms with Gasteiger partial charge >= 0.3 is 0 Å². The second kappa shape index (κ2) is 6.14. The molecular formula is C12H17N5O2. The summed E-state index contributed by atoms with van der Waals surface area (Å²) in [5.74, 6) is 2.08. The number of aromatic amines is 1. The van der Waals surface area contributed by atoms with Gasteiger partial charge in [0.05, 0.1) is 20.3 Å². The SMILES string of the molecule is COc1ccc(CNC(C)c2nn[nH]n2)cc1OC. The second-order valence-electron chi connectivity index (χ2n) is 4.06. The van der Waals surface area contributed by atoms with Crippen LogP contribution in [0.5, 0.6) is 11.5 Å². The standard InChI is InChI=1S/C12H17N5O2/c1-8(12-14-16-17-15-12)13-7-9-4-5-10(18-2)11(6-9)19-3/h4-6,8,13H,7H2,1-3H3,(H,14,15,16,17). The highest BCUT2D eigenvalue weighted by molar-refractivity contribution is 5.42. The molecule has 0 aliphatic rings. The Morgan fingerprint density at radius 1 is 1.26 bits per heavy atom. The number of methoxy groups -OCH3 is 2. The number of nitrogens with one attached hydrogen (secondary N) is 2. The van der Waals surface area contributed by atoms with Gasteiger partial charge in [-0.05, 0) is 24.6 Å². The highest BCUT2D eigenvalue weighted by Crippen LogP contribution is 2.27. The Hall–Kier alpha value is -2.15. The molecule has 2 N–H and O–H groups in total. The molecular weight excluding hydrogens is 246 g/mol. The van der Waals surface area contributed by atoms with Crippen LogP contribution in [0.25, 0.3) is 0 Å². The molecule has 0 aliphatic carbocycles. The number of ether oxygens (including phenoxy) is 2. The van der Waals surface area contributed by atoms with Gasteiger partial charge in [0.1, 0.15) is 0 Å².